The highest BCUT2D eigenvalue weighted by Gasteiger charge is 2.45. The number of hydrogen-bond acceptors (Lipinski definition) is 7. The van der Waals surface area contributed by atoms with E-state index in [1.807, 2.05) is 42.5 Å². The van der Waals surface area contributed by atoms with Crippen LogP contribution in [0.25, 0.3) is 0 Å². The summed E-state index contributed by atoms with van der Waals surface area (Å²) < 4.78 is 23.4. The molecule has 2 aliphatic heterocycles. The molecule has 1 unspecified atom stereocenters. The number of halogens is 1. The molecule has 0 radical (unpaired) electrons. The lowest BCUT2D eigenvalue weighted by Gasteiger charge is -2.25. The summed E-state index contributed by atoms with van der Waals surface area (Å²) in [7, 11) is 3.19. The predicted octanol–water partition coefficient (Wildman–Crippen LogP) is 4.11. The number of benzene rings is 3. The van der Waals surface area contributed by atoms with Crippen LogP contribution in [-0.4, -0.2) is 68.0 Å². The molecule has 206 valence electrons. The largest absolute Gasteiger partial charge is 0.497 e. The molecule has 0 bridgehead atoms. The fraction of sp³-hybridized carbons (Fsp3) is 0.367. The third kappa shape index (κ3) is 6.41. The number of fused-ring (bicyclic) bond motifs is 1. The Labute approximate surface area is 233 Å². The molecule has 8 nitrogen and oxygen atoms in total. The van der Waals surface area contributed by atoms with E-state index in [-0.39, 0.29) is 18.1 Å². The van der Waals surface area contributed by atoms with Crippen molar-refractivity contribution in [3.05, 3.63) is 82.4 Å². The van der Waals surface area contributed by atoms with Crippen LogP contribution in [0, 0.1) is 0 Å². The van der Waals surface area contributed by atoms with E-state index in [2.05, 4.69) is 10.2 Å². The number of carbonyl (C=O) groups excluding carboxylic acids is 1. The van der Waals surface area contributed by atoms with Crippen LogP contribution in [-0.2, 0) is 13.0 Å². The molecule has 0 aromatic heterocycles. The van der Waals surface area contributed by atoms with Gasteiger partial charge in [0.15, 0.2) is 0 Å². The maximum atomic E-state index is 12.4. The third-order valence-electron chi connectivity index (χ3n) is 7.15. The minimum atomic E-state index is -0.750. The molecule has 9 heteroatoms. The van der Waals surface area contributed by atoms with Gasteiger partial charge in [-0.1, -0.05) is 23.7 Å². The van der Waals surface area contributed by atoms with Crippen molar-refractivity contribution in [3.8, 4) is 23.0 Å². The molecule has 5 rings (SSSR count). The number of aliphatic hydroxyl groups is 1. The number of carbonyl (C=O) groups is 1. The van der Waals surface area contributed by atoms with Gasteiger partial charge in [-0.05, 0) is 53.6 Å². The van der Waals surface area contributed by atoms with Crippen molar-refractivity contribution in [2.24, 2.45) is 0 Å². The maximum Gasteiger partial charge on any atom is 0.254 e. The van der Waals surface area contributed by atoms with Gasteiger partial charge in [0.05, 0.1) is 12.7 Å². The van der Waals surface area contributed by atoms with E-state index >= 15 is 0 Å². The van der Waals surface area contributed by atoms with Crippen molar-refractivity contribution < 1.29 is 28.8 Å². The lowest BCUT2D eigenvalue weighted by molar-refractivity contribution is 0.0589. The normalized spacial score (nSPS) is 18.9. The van der Waals surface area contributed by atoms with Crippen molar-refractivity contribution >= 4 is 17.5 Å². The number of nitrogens with zero attached hydrogens (tertiary/aromatic N) is 1. The van der Waals surface area contributed by atoms with Crippen molar-refractivity contribution in [1.29, 1.82) is 0 Å². The van der Waals surface area contributed by atoms with Gasteiger partial charge in [0.25, 0.3) is 5.91 Å². The highest BCUT2D eigenvalue weighted by molar-refractivity contribution is 6.30. The molecule has 3 aromatic rings. The molecule has 39 heavy (non-hydrogen) atoms. The molecule has 0 saturated carbocycles. The zero-order valence-corrected chi connectivity index (χ0v) is 22.9. The molecule has 1 saturated heterocycles. The lowest BCUT2D eigenvalue weighted by Crippen LogP contribution is -2.40. The first-order valence-corrected chi connectivity index (χ1v) is 13.4. The highest BCUT2D eigenvalue weighted by atomic mass is 35.5. The summed E-state index contributed by atoms with van der Waals surface area (Å²) in [6, 6.07) is 18.4. The van der Waals surface area contributed by atoms with E-state index in [1.165, 1.54) is 0 Å². The van der Waals surface area contributed by atoms with E-state index in [4.69, 9.17) is 30.5 Å². The van der Waals surface area contributed by atoms with Crippen LogP contribution in [0.15, 0.2) is 60.7 Å². The Bertz CT molecular complexity index is 1320. The van der Waals surface area contributed by atoms with Gasteiger partial charge in [-0.15, -0.1) is 0 Å². The van der Waals surface area contributed by atoms with E-state index in [1.54, 1.807) is 32.4 Å². The molecule has 2 aliphatic rings. The lowest BCUT2D eigenvalue weighted by atomic mass is 9.96. The summed E-state index contributed by atoms with van der Waals surface area (Å²) in [6.07, 6.45) is 0.936. The zero-order chi connectivity index (χ0) is 27.4. The van der Waals surface area contributed by atoms with Crippen LogP contribution >= 0.6 is 11.6 Å². The Morgan fingerprint density at radius 1 is 1.13 bits per heavy atom. The summed E-state index contributed by atoms with van der Waals surface area (Å²) >= 11 is 6.16. The minimum absolute atomic E-state index is 0.0338. The first-order valence-electron chi connectivity index (χ1n) is 13.0. The van der Waals surface area contributed by atoms with Crippen LogP contribution in [0.4, 0.5) is 0 Å². The Hall–Kier alpha value is -3.46. The fourth-order valence-electron chi connectivity index (χ4n) is 5.17. The van der Waals surface area contributed by atoms with E-state index in [9.17, 15) is 9.90 Å². The Morgan fingerprint density at radius 3 is 2.69 bits per heavy atom. The van der Waals surface area contributed by atoms with Gasteiger partial charge in [0.2, 0.25) is 0 Å². The number of β-amino-alcohol motifs (C(OH)–C–C–N with tert-alkyl or cyclic N) is 1. The first kappa shape index (κ1) is 27.1. The number of amides is 1. The Balaban J connectivity index is 1.17. The summed E-state index contributed by atoms with van der Waals surface area (Å²) in [5.41, 5.74) is 2.20. The predicted molar refractivity (Wildman–Crippen MR) is 148 cm³/mol. The maximum absolute atomic E-state index is 12.4. The third-order valence-corrected chi connectivity index (χ3v) is 7.38. The van der Waals surface area contributed by atoms with Gasteiger partial charge in [0, 0.05) is 50.6 Å². The number of methoxy groups -OCH3 is 1. The van der Waals surface area contributed by atoms with Crippen LogP contribution in [0.3, 0.4) is 0 Å². The van der Waals surface area contributed by atoms with Crippen LogP contribution in [0.1, 0.15) is 27.9 Å². The van der Waals surface area contributed by atoms with Crippen molar-refractivity contribution in [2.45, 2.75) is 31.2 Å². The molecule has 2 heterocycles. The van der Waals surface area contributed by atoms with E-state index in [0.29, 0.717) is 41.8 Å². The average Bonchev–Trinajstić information content (AvgIpc) is 3.51. The topological polar surface area (TPSA) is 89.5 Å². The van der Waals surface area contributed by atoms with Crippen molar-refractivity contribution in [2.75, 3.05) is 40.4 Å². The van der Waals surface area contributed by atoms with E-state index in [0.717, 1.165) is 42.0 Å². The van der Waals surface area contributed by atoms with Gasteiger partial charge in [0.1, 0.15) is 47.9 Å². The Kier molecular flexibility index (Phi) is 8.16. The summed E-state index contributed by atoms with van der Waals surface area (Å²) in [6.45, 7) is 2.35. The molecule has 2 N–H and O–H groups in total. The highest BCUT2D eigenvalue weighted by Crippen LogP contribution is 2.41. The Morgan fingerprint density at radius 2 is 1.92 bits per heavy atom. The smallest absolute Gasteiger partial charge is 0.254 e. The molecule has 1 amide bonds. The van der Waals surface area contributed by atoms with Gasteiger partial charge in [-0.3, -0.25) is 9.69 Å². The zero-order valence-electron chi connectivity index (χ0n) is 22.1. The van der Waals surface area contributed by atoms with Gasteiger partial charge >= 0.3 is 0 Å². The molecule has 2 atom stereocenters. The summed E-state index contributed by atoms with van der Waals surface area (Å²) in [4.78, 5) is 14.6. The number of hydrogen-bond donors (Lipinski definition) is 2. The standard InChI is InChI=1S/C30H33ClN2O6/c1-32-29(35)26-9-8-25(37-17-20-3-6-24(36-2)7-4-20)14-28(26)38-18-23(34)16-33-12-11-30(19-33)15-21-13-22(31)5-10-27(21)39-30/h3-10,13-14,23,34H,11-12,15-19H2,1-2H3,(H,32,35)/t23-,30?/m0/s1. The quantitative estimate of drug-likeness (QED) is 0.391. The minimum Gasteiger partial charge on any atom is -0.497 e. The molecule has 0 aliphatic carbocycles. The van der Waals surface area contributed by atoms with Gasteiger partial charge in [-0.2, -0.15) is 0 Å². The van der Waals surface area contributed by atoms with Crippen molar-refractivity contribution in [1.82, 2.24) is 10.2 Å². The van der Waals surface area contributed by atoms with Crippen molar-refractivity contribution in [3.63, 3.8) is 0 Å². The van der Waals surface area contributed by atoms with Crippen LogP contribution in [0.5, 0.6) is 23.0 Å². The average molecular weight is 553 g/mol. The number of rotatable bonds is 10. The second kappa shape index (κ2) is 11.7. The van der Waals surface area contributed by atoms with E-state index < -0.39 is 6.10 Å². The molecule has 1 spiro atoms. The number of likely N-dealkylation sites (tertiary alicyclic amines) is 1. The summed E-state index contributed by atoms with van der Waals surface area (Å²) in [5.74, 6) is 2.30. The number of aliphatic hydroxyl groups excluding tert-OH is 1. The molecular formula is C30H33ClN2O6. The number of nitrogens with one attached hydrogen (secondary N) is 1. The SMILES string of the molecule is CNC(=O)c1ccc(OCc2ccc(OC)cc2)cc1OC[C@@H](O)CN1CCC2(Cc3cc(Cl)ccc3O2)C1. The second-order valence-electron chi connectivity index (χ2n) is 10.0. The van der Waals surface area contributed by atoms with Crippen LogP contribution < -0.4 is 24.3 Å². The molecule has 3 aromatic carbocycles. The summed E-state index contributed by atoms with van der Waals surface area (Å²) in [5, 5.41) is 14.1. The monoisotopic (exact) mass is 552 g/mol. The van der Waals surface area contributed by atoms with Crippen LogP contribution in [0.2, 0.25) is 5.02 Å². The molecule has 1 fully saturated rings. The first-order chi connectivity index (χ1) is 18.9. The fourth-order valence-corrected chi connectivity index (χ4v) is 5.37. The van der Waals surface area contributed by atoms with Gasteiger partial charge in [-0.25, -0.2) is 0 Å². The number of ether oxygens (including phenoxy) is 4. The second-order valence-corrected chi connectivity index (χ2v) is 10.5. The molecular weight excluding hydrogens is 520 g/mol. The van der Waals surface area contributed by atoms with Gasteiger partial charge < -0.3 is 29.4 Å².